The summed E-state index contributed by atoms with van der Waals surface area (Å²) < 4.78 is 4.71. The molecule has 1 aromatic carbocycles. The van der Waals surface area contributed by atoms with Crippen molar-refractivity contribution in [3.8, 4) is 0 Å². The van der Waals surface area contributed by atoms with Crippen LogP contribution in [-0.2, 0) is 9.53 Å². The largest absolute Gasteiger partial charge is 0.469 e. The maximum atomic E-state index is 11.5. The Bertz CT molecular complexity index is 533. The maximum Gasteiger partial charge on any atom is 0.310 e. The van der Waals surface area contributed by atoms with Gasteiger partial charge in [-0.15, -0.1) is 0 Å². The molecule has 0 heterocycles. The normalized spacial score (nSPS) is 11.1. The first kappa shape index (κ1) is 17.6. The van der Waals surface area contributed by atoms with Gasteiger partial charge in [-0.2, -0.15) is 0 Å². The minimum atomic E-state index is -0.314. The Morgan fingerprint density at radius 3 is 2.52 bits per heavy atom. The van der Waals surface area contributed by atoms with Crippen molar-refractivity contribution in [2.24, 2.45) is 0 Å². The van der Waals surface area contributed by atoms with E-state index in [-0.39, 0.29) is 12.4 Å². The monoisotopic (exact) mass is 327 g/mol. The lowest BCUT2D eigenvalue weighted by Crippen LogP contribution is -2.08. The molecule has 0 spiro atoms. The molecule has 1 aromatic rings. The molecule has 0 aliphatic carbocycles. The van der Waals surface area contributed by atoms with Crippen LogP contribution < -0.4 is 5.32 Å². The van der Waals surface area contributed by atoms with E-state index in [9.17, 15) is 4.79 Å². The number of nitrogens with one attached hydrogen (secondary N) is 1. The number of hydrogen-bond acceptors (Lipinski definition) is 3. The number of allylic oxidation sites excluding steroid dienone is 2. The molecular formula is C16H19Cl2NO2. The second-order valence-corrected chi connectivity index (χ2v) is 5.29. The molecule has 5 heteroatoms. The van der Waals surface area contributed by atoms with E-state index in [4.69, 9.17) is 27.9 Å². The van der Waals surface area contributed by atoms with Crippen LogP contribution in [0.15, 0.2) is 42.1 Å². The van der Waals surface area contributed by atoms with Crippen molar-refractivity contribution in [3.05, 3.63) is 52.2 Å². The van der Waals surface area contributed by atoms with Crippen LogP contribution in [0.25, 0.3) is 0 Å². The molecule has 1 rings (SSSR count). The van der Waals surface area contributed by atoms with Gasteiger partial charge in [0.15, 0.2) is 0 Å². The SMILES string of the molecule is C=C(Nc1c(Cl)cccc1Cl)/C(=C\CCC)CC(=O)OC. The van der Waals surface area contributed by atoms with Gasteiger partial charge in [0.2, 0.25) is 0 Å². The number of anilines is 1. The summed E-state index contributed by atoms with van der Waals surface area (Å²) in [6.07, 6.45) is 3.95. The van der Waals surface area contributed by atoms with Crippen LogP contribution in [0.4, 0.5) is 5.69 Å². The fourth-order valence-electron chi connectivity index (χ4n) is 1.70. The first-order valence-corrected chi connectivity index (χ1v) is 7.41. The topological polar surface area (TPSA) is 38.3 Å². The Labute approximate surface area is 135 Å². The molecule has 114 valence electrons. The number of para-hydroxylation sites is 1. The summed E-state index contributed by atoms with van der Waals surface area (Å²) in [6, 6.07) is 5.23. The molecule has 0 bridgehead atoms. The first-order valence-electron chi connectivity index (χ1n) is 6.65. The zero-order valence-corrected chi connectivity index (χ0v) is 13.7. The highest BCUT2D eigenvalue weighted by molar-refractivity contribution is 6.39. The van der Waals surface area contributed by atoms with E-state index in [2.05, 4.69) is 18.8 Å². The highest BCUT2D eigenvalue weighted by Gasteiger charge is 2.12. The molecule has 0 aliphatic rings. The molecule has 0 saturated carbocycles. The Balaban J connectivity index is 2.93. The molecule has 0 unspecified atom stereocenters. The molecule has 1 N–H and O–H groups in total. The number of hydrogen-bond donors (Lipinski definition) is 1. The zero-order valence-electron chi connectivity index (χ0n) is 12.2. The number of ether oxygens (including phenoxy) is 1. The first-order chi connectivity index (χ1) is 9.99. The molecule has 21 heavy (non-hydrogen) atoms. The summed E-state index contributed by atoms with van der Waals surface area (Å²) in [4.78, 5) is 11.5. The molecule has 0 radical (unpaired) electrons. The second kappa shape index (κ2) is 8.75. The van der Waals surface area contributed by atoms with Gasteiger partial charge in [0, 0.05) is 5.70 Å². The molecule has 0 fully saturated rings. The van der Waals surface area contributed by atoms with Gasteiger partial charge in [-0.25, -0.2) is 0 Å². The van der Waals surface area contributed by atoms with Crippen LogP contribution in [0.5, 0.6) is 0 Å². The predicted molar refractivity (Wildman–Crippen MR) is 88.8 cm³/mol. The van der Waals surface area contributed by atoms with Crippen LogP contribution >= 0.6 is 23.2 Å². The molecule has 0 atom stereocenters. The number of halogens is 2. The van der Waals surface area contributed by atoms with Gasteiger partial charge in [-0.1, -0.05) is 55.3 Å². The molecule has 0 amide bonds. The van der Waals surface area contributed by atoms with Crippen molar-refractivity contribution in [2.75, 3.05) is 12.4 Å². The van der Waals surface area contributed by atoms with Gasteiger partial charge in [0.25, 0.3) is 0 Å². The van der Waals surface area contributed by atoms with E-state index in [0.717, 1.165) is 18.4 Å². The number of esters is 1. The van der Waals surface area contributed by atoms with E-state index in [0.29, 0.717) is 21.4 Å². The van der Waals surface area contributed by atoms with Crippen LogP contribution in [0.3, 0.4) is 0 Å². The van der Waals surface area contributed by atoms with E-state index in [1.54, 1.807) is 18.2 Å². The summed E-state index contributed by atoms with van der Waals surface area (Å²) in [7, 11) is 1.36. The standard InChI is InChI=1S/C16H19Cl2NO2/c1-4-5-7-12(10-15(20)21-3)11(2)19-16-13(17)8-6-9-14(16)18/h6-9,19H,2,4-5,10H2,1,3H3/b12-7-. The van der Waals surface area contributed by atoms with Crippen molar-refractivity contribution in [2.45, 2.75) is 26.2 Å². The van der Waals surface area contributed by atoms with Crippen molar-refractivity contribution >= 4 is 34.9 Å². The highest BCUT2D eigenvalue weighted by Crippen LogP contribution is 2.32. The summed E-state index contributed by atoms with van der Waals surface area (Å²) >= 11 is 12.2. The molecule has 0 aliphatic heterocycles. The summed E-state index contributed by atoms with van der Waals surface area (Å²) in [5, 5.41) is 4.08. The maximum absolute atomic E-state index is 11.5. The Morgan fingerprint density at radius 2 is 2.00 bits per heavy atom. The van der Waals surface area contributed by atoms with Gasteiger partial charge in [0.1, 0.15) is 0 Å². The van der Waals surface area contributed by atoms with Crippen molar-refractivity contribution in [1.29, 1.82) is 0 Å². The van der Waals surface area contributed by atoms with Crippen LogP contribution in [-0.4, -0.2) is 13.1 Å². The predicted octanol–water partition coefficient (Wildman–Crippen LogP) is 5.21. The number of methoxy groups -OCH3 is 1. The second-order valence-electron chi connectivity index (χ2n) is 4.47. The quantitative estimate of drug-likeness (QED) is 0.552. The van der Waals surface area contributed by atoms with Gasteiger partial charge in [-0.05, 0) is 24.1 Å². The average molecular weight is 328 g/mol. The van der Waals surface area contributed by atoms with Crippen molar-refractivity contribution in [3.63, 3.8) is 0 Å². The summed E-state index contributed by atoms with van der Waals surface area (Å²) in [5.74, 6) is -0.314. The third kappa shape index (κ3) is 5.44. The Morgan fingerprint density at radius 1 is 1.38 bits per heavy atom. The van der Waals surface area contributed by atoms with E-state index in [1.165, 1.54) is 7.11 Å². The molecular weight excluding hydrogens is 309 g/mol. The minimum Gasteiger partial charge on any atom is -0.469 e. The third-order valence-corrected chi connectivity index (χ3v) is 3.50. The Kier molecular flexibility index (Phi) is 7.34. The lowest BCUT2D eigenvalue weighted by Gasteiger charge is -2.15. The fourth-order valence-corrected chi connectivity index (χ4v) is 2.19. The summed E-state index contributed by atoms with van der Waals surface area (Å²) in [6.45, 7) is 6.03. The fraction of sp³-hybridized carbons (Fsp3) is 0.312. The molecule has 3 nitrogen and oxygen atoms in total. The molecule has 0 saturated heterocycles. The summed E-state index contributed by atoms with van der Waals surface area (Å²) in [5.41, 5.74) is 1.95. The minimum absolute atomic E-state index is 0.157. The average Bonchev–Trinajstić information content (AvgIpc) is 2.46. The van der Waals surface area contributed by atoms with Crippen LogP contribution in [0.1, 0.15) is 26.2 Å². The Hall–Kier alpha value is -1.45. The molecule has 0 aromatic heterocycles. The number of benzene rings is 1. The van der Waals surface area contributed by atoms with Gasteiger partial charge >= 0.3 is 5.97 Å². The number of rotatable bonds is 7. The lowest BCUT2D eigenvalue weighted by molar-refractivity contribution is -0.139. The number of carbonyl (C=O) groups excluding carboxylic acids is 1. The smallest absolute Gasteiger partial charge is 0.310 e. The number of carbonyl (C=O) groups is 1. The van der Waals surface area contributed by atoms with Crippen LogP contribution in [0, 0.1) is 0 Å². The number of unbranched alkanes of at least 4 members (excludes halogenated alkanes) is 1. The zero-order chi connectivity index (χ0) is 15.8. The van der Waals surface area contributed by atoms with Crippen LogP contribution in [0.2, 0.25) is 10.0 Å². The third-order valence-electron chi connectivity index (χ3n) is 2.87. The van der Waals surface area contributed by atoms with Crippen molar-refractivity contribution < 1.29 is 9.53 Å². The lowest BCUT2D eigenvalue weighted by atomic mass is 10.1. The highest BCUT2D eigenvalue weighted by atomic mass is 35.5. The van der Waals surface area contributed by atoms with Gasteiger partial charge in [-0.3, -0.25) is 4.79 Å². The van der Waals surface area contributed by atoms with E-state index in [1.807, 2.05) is 6.08 Å². The van der Waals surface area contributed by atoms with E-state index >= 15 is 0 Å². The van der Waals surface area contributed by atoms with Crippen molar-refractivity contribution in [1.82, 2.24) is 0 Å². The van der Waals surface area contributed by atoms with Gasteiger partial charge < -0.3 is 10.1 Å². The van der Waals surface area contributed by atoms with Gasteiger partial charge in [0.05, 0.1) is 29.3 Å². The van der Waals surface area contributed by atoms with E-state index < -0.39 is 0 Å².